The van der Waals surface area contributed by atoms with Gasteiger partial charge in [-0.15, -0.1) is 0 Å². The van der Waals surface area contributed by atoms with Gasteiger partial charge in [-0.25, -0.2) is 9.97 Å². The fraction of sp³-hybridized carbons (Fsp3) is 0.400. The van der Waals surface area contributed by atoms with Gasteiger partial charge in [-0.05, 0) is 54.8 Å². The molecule has 2 aromatic rings. The molecule has 110 valence electrons. The minimum atomic E-state index is -0.193. The van der Waals surface area contributed by atoms with E-state index < -0.39 is 0 Å². The van der Waals surface area contributed by atoms with E-state index in [1.54, 1.807) is 29.8 Å². The van der Waals surface area contributed by atoms with Crippen molar-refractivity contribution in [2.24, 2.45) is 0 Å². The molecule has 0 aromatic carbocycles. The van der Waals surface area contributed by atoms with Crippen LogP contribution in [0.15, 0.2) is 35.3 Å². The molecule has 2 atom stereocenters. The van der Waals surface area contributed by atoms with Crippen LogP contribution >= 0.6 is 11.3 Å². The van der Waals surface area contributed by atoms with E-state index in [0.717, 1.165) is 19.4 Å². The van der Waals surface area contributed by atoms with Gasteiger partial charge in [0.25, 0.3) is 0 Å². The van der Waals surface area contributed by atoms with Crippen LogP contribution in [0.4, 0.5) is 5.95 Å². The van der Waals surface area contributed by atoms with Gasteiger partial charge in [0.1, 0.15) is 0 Å². The number of aromatic nitrogens is 2. The first-order valence-electron chi connectivity index (χ1n) is 7.11. The van der Waals surface area contributed by atoms with Crippen molar-refractivity contribution in [1.29, 1.82) is 0 Å². The molecule has 1 amide bonds. The lowest BCUT2D eigenvalue weighted by Gasteiger charge is -2.29. The zero-order valence-corrected chi connectivity index (χ0v) is 12.7. The van der Waals surface area contributed by atoms with Gasteiger partial charge in [-0.1, -0.05) is 0 Å². The summed E-state index contributed by atoms with van der Waals surface area (Å²) in [4.78, 5) is 22.7. The standard InChI is InChI=1S/C15H18N4OS/c1-11(14(20)18-15-16-6-3-7-17-15)19-8-2-4-13(19)12-5-9-21-10-12/h3,5-7,9-11,13H,2,4,8H2,1H3,(H,16,17,18,20)/t11-,13+/m1/s1. The van der Waals surface area contributed by atoms with E-state index in [1.807, 2.05) is 6.92 Å². The minimum absolute atomic E-state index is 0.0525. The molecular weight excluding hydrogens is 284 g/mol. The molecule has 6 heteroatoms. The highest BCUT2D eigenvalue weighted by Crippen LogP contribution is 2.34. The lowest BCUT2D eigenvalue weighted by atomic mass is 10.1. The predicted octanol–water partition coefficient (Wildman–Crippen LogP) is 2.70. The zero-order chi connectivity index (χ0) is 14.7. The molecule has 3 rings (SSSR count). The Morgan fingerprint density at radius 1 is 1.48 bits per heavy atom. The van der Waals surface area contributed by atoms with Gasteiger partial charge >= 0.3 is 0 Å². The Morgan fingerprint density at radius 2 is 2.29 bits per heavy atom. The Kier molecular flexibility index (Phi) is 4.26. The number of hydrogen-bond donors (Lipinski definition) is 1. The number of thiophene rings is 1. The molecule has 1 aliphatic heterocycles. The van der Waals surface area contributed by atoms with Gasteiger partial charge in [-0.2, -0.15) is 11.3 Å². The topological polar surface area (TPSA) is 58.1 Å². The van der Waals surface area contributed by atoms with Crippen molar-refractivity contribution in [3.63, 3.8) is 0 Å². The maximum Gasteiger partial charge on any atom is 0.243 e. The number of nitrogens with zero attached hydrogens (tertiary/aromatic N) is 3. The fourth-order valence-electron chi connectivity index (χ4n) is 2.80. The molecule has 1 aliphatic rings. The third-order valence-electron chi connectivity index (χ3n) is 3.90. The van der Waals surface area contributed by atoms with Gasteiger partial charge in [0.15, 0.2) is 0 Å². The van der Waals surface area contributed by atoms with E-state index in [1.165, 1.54) is 5.56 Å². The lowest BCUT2D eigenvalue weighted by molar-refractivity contribution is -0.121. The average molecular weight is 302 g/mol. The number of rotatable bonds is 4. The van der Waals surface area contributed by atoms with Crippen LogP contribution < -0.4 is 5.32 Å². The molecule has 1 N–H and O–H groups in total. The Balaban J connectivity index is 1.69. The molecule has 1 saturated heterocycles. The van der Waals surface area contributed by atoms with E-state index in [2.05, 4.69) is 37.0 Å². The van der Waals surface area contributed by atoms with Crippen LogP contribution in [0.2, 0.25) is 0 Å². The van der Waals surface area contributed by atoms with Gasteiger partial charge in [0, 0.05) is 18.4 Å². The Bertz CT molecular complexity index is 587. The van der Waals surface area contributed by atoms with Crippen molar-refractivity contribution >= 4 is 23.2 Å². The van der Waals surface area contributed by atoms with E-state index in [4.69, 9.17) is 0 Å². The van der Waals surface area contributed by atoms with Crippen molar-refractivity contribution in [1.82, 2.24) is 14.9 Å². The van der Waals surface area contributed by atoms with Crippen LogP contribution in [0.25, 0.3) is 0 Å². The Labute approximate surface area is 128 Å². The van der Waals surface area contributed by atoms with Gasteiger partial charge in [-0.3, -0.25) is 15.0 Å². The summed E-state index contributed by atoms with van der Waals surface area (Å²) in [6.45, 7) is 2.90. The second kappa shape index (κ2) is 6.32. The van der Waals surface area contributed by atoms with Gasteiger partial charge < -0.3 is 0 Å². The molecule has 0 saturated carbocycles. The highest BCUT2D eigenvalue weighted by atomic mass is 32.1. The number of hydrogen-bond acceptors (Lipinski definition) is 5. The summed E-state index contributed by atoms with van der Waals surface area (Å²) in [6, 6.07) is 4.03. The van der Waals surface area contributed by atoms with Gasteiger partial charge in [0.05, 0.1) is 6.04 Å². The van der Waals surface area contributed by atoms with Crippen LogP contribution in [0, 0.1) is 0 Å². The smallest absolute Gasteiger partial charge is 0.243 e. The second-order valence-corrected chi connectivity index (χ2v) is 5.97. The van der Waals surface area contributed by atoms with Crippen LogP contribution in [0.3, 0.4) is 0 Å². The van der Waals surface area contributed by atoms with Gasteiger partial charge in [0.2, 0.25) is 11.9 Å². The minimum Gasteiger partial charge on any atom is -0.293 e. The van der Waals surface area contributed by atoms with E-state index >= 15 is 0 Å². The molecule has 0 aliphatic carbocycles. The number of amides is 1. The van der Waals surface area contributed by atoms with E-state index in [9.17, 15) is 4.79 Å². The first-order valence-corrected chi connectivity index (χ1v) is 8.05. The SMILES string of the molecule is C[C@H](C(=O)Nc1ncccn1)N1CCC[C@H]1c1ccsc1. The normalized spacial score (nSPS) is 20.3. The van der Waals surface area contributed by atoms with Crippen LogP contribution in [-0.2, 0) is 4.79 Å². The largest absolute Gasteiger partial charge is 0.293 e. The third-order valence-corrected chi connectivity index (χ3v) is 4.60. The van der Waals surface area contributed by atoms with Crippen molar-refractivity contribution in [2.45, 2.75) is 31.8 Å². The van der Waals surface area contributed by atoms with Crippen LogP contribution in [-0.4, -0.2) is 33.4 Å². The summed E-state index contributed by atoms with van der Waals surface area (Å²) < 4.78 is 0. The number of nitrogens with one attached hydrogen (secondary N) is 1. The number of carbonyl (C=O) groups excluding carboxylic acids is 1. The van der Waals surface area contributed by atoms with Crippen molar-refractivity contribution in [3.8, 4) is 0 Å². The summed E-state index contributed by atoms with van der Waals surface area (Å²) in [5, 5.41) is 7.05. The number of anilines is 1. The van der Waals surface area contributed by atoms with Crippen LogP contribution in [0.1, 0.15) is 31.4 Å². The van der Waals surface area contributed by atoms with E-state index in [-0.39, 0.29) is 11.9 Å². The van der Waals surface area contributed by atoms with Crippen molar-refractivity contribution in [3.05, 3.63) is 40.8 Å². The molecule has 3 heterocycles. The Morgan fingerprint density at radius 3 is 3.00 bits per heavy atom. The molecule has 2 aromatic heterocycles. The third kappa shape index (κ3) is 3.11. The average Bonchev–Trinajstić information content (AvgIpc) is 3.18. The second-order valence-electron chi connectivity index (χ2n) is 5.19. The monoisotopic (exact) mass is 302 g/mol. The first-order chi connectivity index (χ1) is 10.3. The maximum absolute atomic E-state index is 12.4. The fourth-order valence-corrected chi connectivity index (χ4v) is 3.51. The molecular formula is C15H18N4OS. The predicted molar refractivity (Wildman–Crippen MR) is 83.1 cm³/mol. The van der Waals surface area contributed by atoms with Crippen molar-refractivity contribution in [2.75, 3.05) is 11.9 Å². The summed E-state index contributed by atoms with van der Waals surface area (Å²) in [5.74, 6) is 0.309. The molecule has 0 bridgehead atoms. The molecule has 0 unspecified atom stereocenters. The molecule has 5 nitrogen and oxygen atoms in total. The molecule has 1 fully saturated rings. The summed E-state index contributed by atoms with van der Waals surface area (Å²) in [5.41, 5.74) is 1.31. The molecule has 21 heavy (non-hydrogen) atoms. The highest BCUT2D eigenvalue weighted by molar-refractivity contribution is 7.07. The summed E-state index contributed by atoms with van der Waals surface area (Å²) in [6.07, 6.45) is 5.48. The van der Waals surface area contributed by atoms with Crippen LogP contribution in [0.5, 0.6) is 0 Å². The number of likely N-dealkylation sites (tertiary alicyclic amines) is 1. The molecule has 0 spiro atoms. The zero-order valence-electron chi connectivity index (χ0n) is 11.9. The maximum atomic E-state index is 12.4. The quantitative estimate of drug-likeness (QED) is 0.943. The summed E-state index contributed by atoms with van der Waals surface area (Å²) >= 11 is 1.70. The Hall–Kier alpha value is -1.79. The van der Waals surface area contributed by atoms with Crippen molar-refractivity contribution < 1.29 is 4.79 Å². The summed E-state index contributed by atoms with van der Waals surface area (Å²) in [7, 11) is 0. The highest BCUT2D eigenvalue weighted by Gasteiger charge is 2.33. The number of carbonyl (C=O) groups is 1. The van der Waals surface area contributed by atoms with E-state index in [0.29, 0.717) is 12.0 Å². The first kappa shape index (κ1) is 14.2. The molecule has 0 radical (unpaired) electrons. The lowest BCUT2D eigenvalue weighted by Crippen LogP contribution is -2.41.